The molecule has 0 aromatic heterocycles. The number of fused-ring (bicyclic) bond motifs is 3. The van der Waals surface area contributed by atoms with Gasteiger partial charge in [-0.25, -0.2) is 4.79 Å². The second-order valence-electron chi connectivity index (χ2n) is 9.60. The number of carboxylic acids is 1. The number of alkyl carbamates (subject to hydrolysis) is 1. The van der Waals surface area contributed by atoms with Crippen LogP contribution in [0, 0.1) is 11.8 Å². The summed E-state index contributed by atoms with van der Waals surface area (Å²) in [4.78, 5) is 36.9. The molecule has 0 saturated heterocycles. The summed E-state index contributed by atoms with van der Waals surface area (Å²) < 4.78 is 5.60. The quantitative estimate of drug-likeness (QED) is 0.566. The molecule has 4 rings (SSSR count). The molecular weight excluding hydrogens is 432 g/mol. The molecule has 0 unspecified atom stereocenters. The first-order chi connectivity index (χ1) is 16.3. The third kappa shape index (κ3) is 5.08. The van der Waals surface area contributed by atoms with Gasteiger partial charge in [-0.15, -0.1) is 0 Å². The van der Waals surface area contributed by atoms with E-state index in [0.717, 1.165) is 35.1 Å². The lowest BCUT2D eigenvalue weighted by Crippen LogP contribution is -2.53. The molecular formula is C27H32N2O5. The van der Waals surface area contributed by atoms with Gasteiger partial charge >= 0.3 is 12.1 Å². The lowest BCUT2D eigenvalue weighted by molar-refractivity contribution is -0.143. The first-order valence-corrected chi connectivity index (χ1v) is 12.0. The second kappa shape index (κ2) is 10.3. The Morgan fingerprint density at radius 1 is 1.00 bits per heavy atom. The van der Waals surface area contributed by atoms with Crippen LogP contribution in [-0.4, -0.2) is 41.8 Å². The Hall–Kier alpha value is -3.35. The summed E-state index contributed by atoms with van der Waals surface area (Å²) in [6, 6.07) is 15.3. The molecule has 2 aromatic rings. The van der Waals surface area contributed by atoms with Gasteiger partial charge in [0, 0.05) is 12.0 Å². The summed E-state index contributed by atoms with van der Waals surface area (Å²) in [6.45, 7) is 3.89. The van der Waals surface area contributed by atoms with E-state index in [1.807, 2.05) is 38.1 Å². The number of rotatable bonds is 7. The molecule has 2 aromatic carbocycles. The van der Waals surface area contributed by atoms with Crippen LogP contribution >= 0.6 is 0 Å². The molecule has 2 aliphatic rings. The fourth-order valence-electron chi connectivity index (χ4n) is 5.14. The highest BCUT2D eigenvalue weighted by Crippen LogP contribution is 2.44. The van der Waals surface area contributed by atoms with Crippen molar-refractivity contribution < 1.29 is 24.2 Å². The Bertz CT molecular complexity index is 1020. The van der Waals surface area contributed by atoms with Gasteiger partial charge in [-0.2, -0.15) is 0 Å². The van der Waals surface area contributed by atoms with E-state index in [2.05, 4.69) is 34.9 Å². The maximum atomic E-state index is 12.9. The molecule has 3 atom stereocenters. The van der Waals surface area contributed by atoms with Crippen LogP contribution in [-0.2, 0) is 14.3 Å². The smallest absolute Gasteiger partial charge is 0.407 e. The molecule has 7 heteroatoms. The van der Waals surface area contributed by atoms with Crippen molar-refractivity contribution in [3.05, 3.63) is 59.7 Å². The molecule has 2 aliphatic carbocycles. The average Bonchev–Trinajstić information content (AvgIpc) is 3.15. The van der Waals surface area contributed by atoms with Gasteiger partial charge < -0.3 is 20.5 Å². The van der Waals surface area contributed by atoms with Crippen molar-refractivity contribution >= 4 is 18.0 Å². The van der Waals surface area contributed by atoms with Crippen LogP contribution in [0.15, 0.2) is 48.5 Å². The molecule has 0 radical (unpaired) electrons. The number of carboxylic acid groups (broad SMARTS) is 1. The van der Waals surface area contributed by atoms with E-state index in [0.29, 0.717) is 12.8 Å². The predicted octanol–water partition coefficient (Wildman–Crippen LogP) is 4.31. The van der Waals surface area contributed by atoms with Gasteiger partial charge in [0.15, 0.2) is 0 Å². The van der Waals surface area contributed by atoms with E-state index in [-0.39, 0.29) is 30.4 Å². The van der Waals surface area contributed by atoms with Gasteiger partial charge in [0.1, 0.15) is 12.6 Å². The van der Waals surface area contributed by atoms with Crippen LogP contribution in [0.5, 0.6) is 0 Å². The zero-order valence-electron chi connectivity index (χ0n) is 19.6. The molecule has 1 fully saturated rings. The van der Waals surface area contributed by atoms with Crippen molar-refractivity contribution in [2.75, 3.05) is 6.61 Å². The molecule has 2 amide bonds. The van der Waals surface area contributed by atoms with E-state index in [1.54, 1.807) is 0 Å². The van der Waals surface area contributed by atoms with Crippen molar-refractivity contribution in [1.82, 2.24) is 10.6 Å². The minimum atomic E-state index is -0.823. The fourth-order valence-corrected chi connectivity index (χ4v) is 5.14. The summed E-state index contributed by atoms with van der Waals surface area (Å²) >= 11 is 0. The summed E-state index contributed by atoms with van der Waals surface area (Å²) in [6.07, 6.45) is 1.91. The standard InChI is InChI=1S/C27H32N2O5/c1-16(2)24(25(30)28-18-9-7-8-17(14-18)26(31)32)29-27(33)34-15-23-21-12-5-3-10-19(21)20-11-4-6-13-22(20)23/h3-6,10-13,16-18,23-24H,7-9,14-15H2,1-2H3,(H,28,30)(H,29,33)(H,31,32)/t17-,18-,24+/m1/s1. The molecule has 3 N–H and O–H groups in total. The predicted molar refractivity (Wildman–Crippen MR) is 128 cm³/mol. The van der Waals surface area contributed by atoms with E-state index in [4.69, 9.17) is 4.74 Å². The first-order valence-electron chi connectivity index (χ1n) is 12.0. The highest BCUT2D eigenvalue weighted by molar-refractivity contribution is 5.86. The largest absolute Gasteiger partial charge is 0.481 e. The molecule has 180 valence electrons. The van der Waals surface area contributed by atoms with Crippen LogP contribution in [0.25, 0.3) is 11.1 Å². The lowest BCUT2D eigenvalue weighted by atomic mass is 9.85. The average molecular weight is 465 g/mol. The number of benzene rings is 2. The summed E-state index contributed by atoms with van der Waals surface area (Å²) in [5.74, 6) is -1.78. The van der Waals surface area contributed by atoms with E-state index in [9.17, 15) is 19.5 Å². The van der Waals surface area contributed by atoms with E-state index >= 15 is 0 Å². The van der Waals surface area contributed by atoms with Gasteiger partial charge in [0.25, 0.3) is 0 Å². The minimum absolute atomic E-state index is 0.0559. The number of amides is 2. The molecule has 1 saturated carbocycles. The number of aliphatic carboxylic acids is 1. The fraction of sp³-hybridized carbons (Fsp3) is 0.444. The topological polar surface area (TPSA) is 105 Å². The van der Waals surface area contributed by atoms with Gasteiger partial charge in [-0.3, -0.25) is 9.59 Å². The minimum Gasteiger partial charge on any atom is -0.481 e. The normalized spacial score (nSPS) is 20.2. The number of hydrogen-bond donors (Lipinski definition) is 3. The number of hydrogen-bond acceptors (Lipinski definition) is 4. The lowest BCUT2D eigenvalue weighted by Gasteiger charge is -2.30. The number of ether oxygens (including phenoxy) is 1. The Balaban J connectivity index is 1.36. The Morgan fingerprint density at radius 2 is 1.62 bits per heavy atom. The molecule has 7 nitrogen and oxygen atoms in total. The van der Waals surface area contributed by atoms with Crippen LogP contribution in [0.3, 0.4) is 0 Å². The van der Waals surface area contributed by atoms with Gasteiger partial charge in [-0.1, -0.05) is 68.8 Å². The summed E-state index contributed by atoms with van der Waals surface area (Å²) in [5, 5.41) is 15.0. The second-order valence-corrected chi connectivity index (χ2v) is 9.60. The van der Waals surface area contributed by atoms with E-state index < -0.39 is 24.0 Å². The highest BCUT2D eigenvalue weighted by Gasteiger charge is 2.32. The van der Waals surface area contributed by atoms with Crippen molar-refractivity contribution in [3.8, 4) is 11.1 Å². The van der Waals surface area contributed by atoms with Crippen molar-refractivity contribution in [1.29, 1.82) is 0 Å². The number of carbonyl (C=O) groups excluding carboxylic acids is 2. The molecule has 0 bridgehead atoms. The Kier molecular flexibility index (Phi) is 7.20. The summed E-state index contributed by atoms with van der Waals surface area (Å²) in [5.41, 5.74) is 4.55. The van der Waals surface area contributed by atoms with Crippen LogP contribution in [0.1, 0.15) is 56.6 Å². The van der Waals surface area contributed by atoms with Gasteiger partial charge in [-0.05, 0) is 47.4 Å². The SMILES string of the molecule is CC(C)[C@H](NC(=O)OCC1c2ccccc2-c2ccccc21)C(=O)N[C@@H]1CCC[C@@H](C(=O)O)C1. The van der Waals surface area contributed by atoms with Gasteiger partial charge in [0.2, 0.25) is 5.91 Å². The third-order valence-electron chi connectivity index (χ3n) is 6.94. The van der Waals surface area contributed by atoms with Crippen molar-refractivity contribution in [3.63, 3.8) is 0 Å². The monoisotopic (exact) mass is 464 g/mol. The molecule has 0 spiro atoms. The zero-order valence-corrected chi connectivity index (χ0v) is 19.6. The highest BCUT2D eigenvalue weighted by atomic mass is 16.5. The Labute approximate surface area is 199 Å². The maximum absolute atomic E-state index is 12.9. The first kappa shape index (κ1) is 23.8. The van der Waals surface area contributed by atoms with Crippen LogP contribution in [0.4, 0.5) is 4.79 Å². The molecule has 34 heavy (non-hydrogen) atoms. The van der Waals surface area contributed by atoms with Crippen LogP contribution in [0.2, 0.25) is 0 Å². The maximum Gasteiger partial charge on any atom is 0.407 e. The molecule has 0 heterocycles. The Morgan fingerprint density at radius 3 is 2.21 bits per heavy atom. The zero-order chi connectivity index (χ0) is 24.2. The van der Waals surface area contributed by atoms with Crippen LogP contribution < -0.4 is 10.6 Å². The van der Waals surface area contributed by atoms with Gasteiger partial charge in [0.05, 0.1) is 5.92 Å². The summed E-state index contributed by atoms with van der Waals surface area (Å²) in [7, 11) is 0. The van der Waals surface area contributed by atoms with E-state index in [1.165, 1.54) is 0 Å². The van der Waals surface area contributed by atoms with Crippen molar-refractivity contribution in [2.45, 2.75) is 57.5 Å². The third-order valence-corrected chi connectivity index (χ3v) is 6.94. The number of nitrogens with one attached hydrogen (secondary N) is 2. The number of carbonyl (C=O) groups is 3. The molecule has 0 aliphatic heterocycles. The van der Waals surface area contributed by atoms with Crippen molar-refractivity contribution in [2.24, 2.45) is 11.8 Å².